The van der Waals surface area contributed by atoms with Crippen molar-refractivity contribution >= 4 is 0 Å². The van der Waals surface area contributed by atoms with Gasteiger partial charge in [-0.1, -0.05) is 18.2 Å². The quantitative estimate of drug-likeness (QED) is 0.483. The van der Waals surface area contributed by atoms with E-state index in [1.54, 1.807) is 24.3 Å². The van der Waals surface area contributed by atoms with Gasteiger partial charge in [-0.3, -0.25) is 0 Å². The monoisotopic (exact) mass is 152 g/mol. The maximum absolute atomic E-state index is 9.75. The minimum atomic E-state index is -0.812. The van der Waals surface area contributed by atoms with Crippen LogP contribution in [0.4, 0.5) is 0 Å². The Labute approximate surface area is 63.5 Å². The second-order valence-corrected chi connectivity index (χ2v) is 1.91. The standard InChI is InChI=1S/C7H6NO3/c9-8(10)11-6-7-4-2-1-3-5-7/h1-2,4-5H,6H2. The van der Waals surface area contributed by atoms with Gasteiger partial charge in [0, 0.05) is 0 Å². The Morgan fingerprint density at radius 2 is 2.55 bits per heavy atom. The SMILES string of the molecule is O=[N+]([O-])OCc1c[c]ccc1. The number of benzene rings is 1. The van der Waals surface area contributed by atoms with Crippen LogP contribution < -0.4 is 0 Å². The van der Waals surface area contributed by atoms with E-state index in [1.165, 1.54) is 0 Å². The molecule has 0 aliphatic rings. The molecule has 0 aromatic heterocycles. The predicted molar refractivity (Wildman–Crippen MR) is 37.1 cm³/mol. The average molecular weight is 152 g/mol. The van der Waals surface area contributed by atoms with Crippen molar-refractivity contribution in [2.75, 3.05) is 0 Å². The van der Waals surface area contributed by atoms with Gasteiger partial charge in [-0.2, -0.15) is 0 Å². The topological polar surface area (TPSA) is 52.4 Å². The summed E-state index contributed by atoms with van der Waals surface area (Å²) in [4.78, 5) is 13.9. The molecule has 0 bridgehead atoms. The first-order chi connectivity index (χ1) is 5.29. The zero-order chi connectivity index (χ0) is 8.10. The van der Waals surface area contributed by atoms with Crippen LogP contribution in [0.15, 0.2) is 24.3 Å². The molecule has 0 spiro atoms. The van der Waals surface area contributed by atoms with E-state index in [-0.39, 0.29) is 6.61 Å². The van der Waals surface area contributed by atoms with Crippen molar-refractivity contribution < 1.29 is 9.92 Å². The number of hydrogen-bond donors (Lipinski definition) is 0. The van der Waals surface area contributed by atoms with Crippen molar-refractivity contribution in [2.45, 2.75) is 6.61 Å². The van der Waals surface area contributed by atoms with Gasteiger partial charge in [0.15, 0.2) is 0 Å². The van der Waals surface area contributed by atoms with Crippen molar-refractivity contribution in [1.29, 1.82) is 0 Å². The summed E-state index contributed by atoms with van der Waals surface area (Å²) in [5.74, 6) is 0. The molecule has 0 saturated heterocycles. The molecular weight excluding hydrogens is 146 g/mol. The summed E-state index contributed by atoms with van der Waals surface area (Å²) in [5, 5.41) is 8.93. The number of nitrogens with zero attached hydrogens (tertiary/aromatic N) is 1. The second kappa shape index (κ2) is 3.55. The summed E-state index contributed by atoms with van der Waals surface area (Å²) in [6.07, 6.45) is 0. The molecule has 4 heteroatoms. The second-order valence-electron chi connectivity index (χ2n) is 1.91. The van der Waals surface area contributed by atoms with Crippen LogP contribution in [0.2, 0.25) is 0 Å². The minimum absolute atomic E-state index is 0.00958. The summed E-state index contributed by atoms with van der Waals surface area (Å²) < 4.78 is 0. The third-order valence-electron chi connectivity index (χ3n) is 1.11. The fourth-order valence-electron chi connectivity index (χ4n) is 0.648. The summed E-state index contributed by atoms with van der Waals surface area (Å²) in [7, 11) is 0. The molecule has 0 atom stereocenters. The minimum Gasteiger partial charge on any atom is -0.309 e. The van der Waals surface area contributed by atoms with Gasteiger partial charge in [0.05, 0.1) is 0 Å². The van der Waals surface area contributed by atoms with Gasteiger partial charge < -0.3 is 4.84 Å². The fourth-order valence-corrected chi connectivity index (χ4v) is 0.648. The van der Waals surface area contributed by atoms with E-state index in [1.807, 2.05) is 0 Å². The highest BCUT2D eigenvalue weighted by molar-refractivity contribution is 5.12. The Hall–Kier alpha value is -1.58. The van der Waals surface area contributed by atoms with Crippen molar-refractivity contribution in [3.63, 3.8) is 0 Å². The van der Waals surface area contributed by atoms with E-state index in [4.69, 9.17) is 0 Å². The zero-order valence-electron chi connectivity index (χ0n) is 5.69. The molecular formula is C7H6NO3. The van der Waals surface area contributed by atoms with Gasteiger partial charge in [0.25, 0.3) is 5.09 Å². The van der Waals surface area contributed by atoms with Gasteiger partial charge in [-0.05, 0) is 17.7 Å². The van der Waals surface area contributed by atoms with Crippen LogP contribution in [-0.2, 0) is 11.4 Å². The molecule has 57 valence electrons. The van der Waals surface area contributed by atoms with Crippen LogP contribution in [0.25, 0.3) is 0 Å². The first kappa shape index (κ1) is 7.53. The van der Waals surface area contributed by atoms with Crippen LogP contribution in [0.3, 0.4) is 0 Å². The van der Waals surface area contributed by atoms with Crippen molar-refractivity contribution in [3.8, 4) is 0 Å². The molecule has 0 heterocycles. The summed E-state index contributed by atoms with van der Waals surface area (Å²) in [6.45, 7) is -0.00958. The molecule has 0 aliphatic heterocycles. The van der Waals surface area contributed by atoms with Gasteiger partial charge in [0.2, 0.25) is 0 Å². The lowest BCUT2D eigenvalue weighted by Crippen LogP contribution is -1.99. The smallest absolute Gasteiger partial charge is 0.294 e. The van der Waals surface area contributed by atoms with Crippen molar-refractivity contribution in [1.82, 2.24) is 0 Å². The molecule has 11 heavy (non-hydrogen) atoms. The molecule has 1 aromatic carbocycles. The Bertz CT molecular complexity index is 235. The molecule has 1 aromatic rings. The van der Waals surface area contributed by atoms with E-state index in [0.29, 0.717) is 0 Å². The molecule has 0 amide bonds. The molecule has 1 radical (unpaired) electrons. The lowest BCUT2D eigenvalue weighted by molar-refractivity contribution is -0.763. The molecule has 0 aliphatic carbocycles. The van der Waals surface area contributed by atoms with E-state index < -0.39 is 5.09 Å². The molecule has 4 nitrogen and oxygen atoms in total. The normalized spacial score (nSPS) is 9.09. The first-order valence-electron chi connectivity index (χ1n) is 3.01. The van der Waals surface area contributed by atoms with E-state index in [2.05, 4.69) is 10.9 Å². The third-order valence-corrected chi connectivity index (χ3v) is 1.11. The molecule has 0 saturated carbocycles. The molecule has 0 unspecified atom stereocenters. The van der Waals surface area contributed by atoms with E-state index >= 15 is 0 Å². The Morgan fingerprint density at radius 3 is 3.09 bits per heavy atom. The van der Waals surface area contributed by atoms with E-state index in [9.17, 15) is 10.1 Å². The summed E-state index contributed by atoms with van der Waals surface area (Å²) in [6, 6.07) is 9.63. The maximum Gasteiger partial charge on any atom is 0.294 e. The van der Waals surface area contributed by atoms with Gasteiger partial charge in [-0.15, -0.1) is 10.1 Å². The van der Waals surface area contributed by atoms with E-state index in [0.717, 1.165) is 5.56 Å². The van der Waals surface area contributed by atoms with Gasteiger partial charge in [-0.25, -0.2) is 0 Å². The summed E-state index contributed by atoms with van der Waals surface area (Å²) in [5.41, 5.74) is 0.740. The number of rotatable bonds is 3. The predicted octanol–water partition coefficient (Wildman–Crippen LogP) is 1.20. The Kier molecular flexibility index (Phi) is 2.43. The lowest BCUT2D eigenvalue weighted by Gasteiger charge is -1.96. The van der Waals surface area contributed by atoms with Crippen molar-refractivity contribution in [3.05, 3.63) is 46.0 Å². The third kappa shape index (κ3) is 2.66. The van der Waals surface area contributed by atoms with Crippen LogP contribution in [0.5, 0.6) is 0 Å². The highest BCUT2D eigenvalue weighted by Crippen LogP contribution is 1.99. The average Bonchev–Trinajstić information content (AvgIpc) is 2.03. The first-order valence-corrected chi connectivity index (χ1v) is 3.01. The molecule has 0 fully saturated rings. The van der Waals surface area contributed by atoms with Crippen LogP contribution >= 0.6 is 0 Å². The number of hydrogen-bond acceptors (Lipinski definition) is 3. The largest absolute Gasteiger partial charge is 0.309 e. The van der Waals surface area contributed by atoms with Crippen LogP contribution in [-0.4, -0.2) is 5.09 Å². The Morgan fingerprint density at radius 1 is 1.73 bits per heavy atom. The van der Waals surface area contributed by atoms with Crippen LogP contribution in [0, 0.1) is 16.2 Å². The highest BCUT2D eigenvalue weighted by atomic mass is 16.9. The van der Waals surface area contributed by atoms with Gasteiger partial charge in [0.1, 0.15) is 6.61 Å². The van der Waals surface area contributed by atoms with Crippen LogP contribution in [0.1, 0.15) is 5.56 Å². The molecule has 0 N–H and O–H groups in total. The zero-order valence-corrected chi connectivity index (χ0v) is 5.69. The maximum atomic E-state index is 9.75. The Balaban J connectivity index is 2.45. The molecule has 1 rings (SSSR count). The summed E-state index contributed by atoms with van der Waals surface area (Å²) >= 11 is 0. The van der Waals surface area contributed by atoms with Gasteiger partial charge >= 0.3 is 0 Å². The lowest BCUT2D eigenvalue weighted by atomic mass is 10.2. The van der Waals surface area contributed by atoms with Crippen molar-refractivity contribution in [2.24, 2.45) is 0 Å². The fraction of sp³-hybridized carbons (Fsp3) is 0.143. The highest BCUT2D eigenvalue weighted by Gasteiger charge is 1.94.